The van der Waals surface area contributed by atoms with Gasteiger partial charge in [-0.25, -0.2) is 4.39 Å². The van der Waals surface area contributed by atoms with E-state index in [1.54, 1.807) is 6.07 Å². The maximum Gasteiger partial charge on any atom is 0.123 e. The molecule has 0 spiro atoms. The second-order valence-corrected chi connectivity index (χ2v) is 5.48. The summed E-state index contributed by atoms with van der Waals surface area (Å²) < 4.78 is 18.8. The Balaban J connectivity index is 1.87. The van der Waals surface area contributed by atoms with Crippen LogP contribution in [0.25, 0.3) is 0 Å². The maximum absolute atomic E-state index is 13.2. The first-order chi connectivity index (χ1) is 10.0. The Morgan fingerprint density at radius 1 is 1.05 bits per heavy atom. The van der Waals surface area contributed by atoms with Gasteiger partial charge in [-0.1, -0.05) is 18.2 Å². The first-order valence-corrected chi connectivity index (χ1v) is 7.26. The van der Waals surface area contributed by atoms with E-state index in [0.29, 0.717) is 6.54 Å². The summed E-state index contributed by atoms with van der Waals surface area (Å²) in [5.74, 6) is 0.697. The lowest BCUT2D eigenvalue weighted by molar-refractivity contribution is 0.242. The zero-order valence-electron chi connectivity index (χ0n) is 12.8. The molecule has 2 nitrogen and oxygen atoms in total. The van der Waals surface area contributed by atoms with E-state index in [-0.39, 0.29) is 11.9 Å². The number of ether oxygens (including phenoxy) is 1. The highest BCUT2D eigenvalue weighted by Gasteiger charge is 2.01. The predicted molar refractivity (Wildman–Crippen MR) is 83.9 cm³/mol. The number of rotatable bonds is 6. The van der Waals surface area contributed by atoms with Gasteiger partial charge < -0.3 is 10.1 Å². The van der Waals surface area contributed by atoms with Gasteiger partial charge in [0.25, 0.3) is 0 Å². The lowest BCUT2D eigenvalue weighted by atomic mass is 10.1. The van der Waals surface area contributed by atoms with Gasteiger partial charge in [0.05, 0.1) is 6.10 Å². The van der Waals surface area contributed by atoms with Gasteiger partial charge in [-0.3, -0.25) is 0 Å². The molecule has 21 heavy (non-hydrogen) atoms. The van der Waals surface area contributed by atoms with Crippen LogP contribution < -0.4 is 10.1 Å². The second kappa shape index (κ2) is 7.23. The number of halogens is 1. The Bertz CT molecular complexity index is 578. The van der Waals surface area contributed by atoms with Crippen LogP contribution in [0.15, 0.2) is 42.5 Å². The Morgan fingerprint density at radius 2 is 1.76 bits per heavy atom. The molecular weight excluding hydrogens is 265 g/mol. The van der Waals surface area contributed by atoms with Gasteiger partial charge in [0.15, 0.2) is 0 Å². The van der Waals surface area contributed by atoms with Crippen molar-refractivity contribution in [2.75, 3.05) is 0 Å². The van der Waals surface area contributed by atoms with E-state index >= 15 is 0 Å². The van der Waals surface area contributed by atoms with Crippen molar-refractivity contribution in [3.05, 3.63) is 65.0 Å². The molecule has 0 aromatic heterocycles. The maximum atomic E-state index is 13.2. The van der Waals surface area contributed by atoms with Crippen LogP contribution >= 0.6 is 0 Å². The van der Waals surface area contributed by atoms with Crippen LogP contribution in [0.3, 0.4) is 0 Å². The van der Waals surface area contributed by atoms with Crippen molar-refractivity contribution in [3.63, 3.8) is 0 Å². The molecule has 0 bridgehead atoms. The van der Waals surface area contributed by atoms with E-state index in [1.807, 2.05) is 51.1 Å². The molecule has 0 heterocycles. The standard InChI is InChI=1S/C18H22FNO/c1-13(2)21-18-8-5-15(6-9-18)11-20-12-16-10-17(19)7-4-14(16)3/h4-10,13,20H,11-12H2,1-3H3. The molecule has 1 N–H and O–H groups in total. The topological polar surface area (TPSA) is 21.3 Å². The molecule has 3 heteroatoms. The molecule has 0 saturated heterocycles. The van der Waals surface area contributed by atoms with Crippen molar-refractivity contribution in [1.29, 1.82) is 0 Å². The quantitative estimate of drug-likeness (QED) is 0.859. The summed E-state index contributed by atoms with van der Waals surface area (Å²) in [6.07, 6.45) is 0.185. The number of nitrogens with one attached hydrogen (secondary N) is 1. The van der Waals surface area contributed by atoms with E-state index < -0.39 is 0 Å². The molecule has 112 valence electrons. The highest BCUT2D eigenvalue weighted by atomic mass is 19.1. The van der Waals surface area contributed by atoms with Crippen molar-refractivity contribution in [2.45, 2.75) is 40.0 Å². The number of benzene rings is 2. The molecule has 0 amide bonds. The van der Waals surface area contributed by atoms with E-state index in [1.165, 1.54) is 11.6 Å². The van der Waals surface area contributed by atoms with Crippen molar-refractivity contribution in [2.24, 2.45) is 0 Å². The molecule has 0 aliphatic carbocycles. The first-order valence-electron chi connectivity index (χ1n) is 7.26. The lowest BCUT2D eigenvalue weighted by Crippen LogP contribution is -2.13. The van der Waals surface area contributed by atoms with Gasteiger partial charge in [0.1, 0.15) is 11.6 Å². The minimum atomic E-state index is -0.187. The van der Waals surface area contributed by atoms with Gasteiger partial charge in [0.2, 0.25) is 0 Å². The fourth-order valence-corrected chi connectivity index (χ4v) is 2.13. The molecule has 2 aromatic rings. The minimum absolute atomic E-state index is 0.185. The van der Waals surface area contributed by atoms with Crippen molar-refractivity contribution in [1.82, 2.24) is 5.32 Å². The monoisotopic (exact) mass is 287 g/mol. The zero-order valence-corrected chi connectivity index (χ0v) is 12.8. The fourth-order valence-electron chi connectivity index (χ4n) is 2.13. The summed E-state index contributed by atoms with van der Waals surface area (Å²) >= 11 is 0. The summed E-state index contributed by atoms with van der Waals surface area (Å²) in [5, 5.41) is 3.34. The van der Waals surface area contributed by atoms with Crippen LogP contribution in [0.1, 0.15) is 30.5 Å². The summed E-state index contributed by atoms with van der Waals surface area (Å²) in [6, 6.07) is 12.9. The zero-order chi connectivity index (χ0) is 15.2. The van der Waals surface area contributed by atoms with Crippen LogP contribution in [-0.2, 0) is 13.1 Å². The van der Waals surface area contributed by atoms with Crippen LogP contribution in [0.4, 0.5) is 4.39 Å². The first kappa shape index (κ1) is 15.5. The minimum Gasteiger partial charge on any atom is -0.491 e. The number of hydrogen-bond acceptors (Lipinski definition) is 2. The van der Waals surface area contributed by atoms with E-state index in [9.17, 15) is 4.39 Å². The molecule has 0 aliphatic rings. The Labute approximate surface area is 126 Å². The molecule has 0 saturated carbocycles. The van der Waals surface area contributed by atoms with E-state index in [4.69, 9.17) is 4.74 Å². The van der Waals surface area contributed by atoms with Gasteiger partial charge in [0, 0.05) is 13.1 Å². The Kier molecular flexibility index (Phi) is 5.34. The van der Waals surface area contributed by atoms with Crippen molar-refractivity contribution in [3.8, 4) is 5.75 Å². The summed E-state index contributed by atoms with van der Waals surface area (Å²) in [6.45, 7) is 7.42. The van der Waals surface area contributed by atoms with Crippen LogP contribution in [0.2, 0.25) is 0 Å². The van der Waals surface area contributed by atoms with Crippen molar-refractivity contribution >= 4 is 0 Å². The normalized spacial score (nSPS) is 10.9. The molecular formula is C18H22FNO. The average Bonchev–Trinajstić information content (AvgIpc) is 2.44. The van der Waals surface area contributed by atoms with Crippen LogP contribution in [-0.4, -0.2) is 6.10 Å². The van der Waals surface area contributed by atoms with Crippen molar-refractivity contribution < 1.29 is 9.13 Å². The van der Waals surface area contributed by atoms with E-state index in [2.05, 4.69) is 5.32 Å². The van der Waals surface area contributed by atoms with E-state index in [0.717, 1.165) is 23.4 Å². The third kappa shape index (κ3) is 4.87. The highest BCUT2D eigenvalue weighted by molar-refractivity contribution is 5.28. The summed E-state index contributed by atoms with van der Waals surface area (Å²) in [4.78, 5) is 0. The molecule has 0 unspecified atom stereocenters. The fraction of sp³-hybridized carbons (Fsp3) is 0.333. The third-order valence-electron chi connectivity index (χ3n) is 3.25. The van der Waals surface area contributed by atoms with Gasteiger partial charge in [-0.2, -0.15) is 0 Å². The predicted octanol–water partition coefficient (Wildman–Crippen LogP) is 4.21. The SMILES string of the molecule is Cc1ccc(F)cc1CNCc1ccc(OC(C)C)cc1. The second-order valence-electron chi connectivity index (χ2n) is 5.48. The lowest BCUT2D eigenvalue weighted by Gasteiger charge is -2.11. The summed E-state index contributed by atoms with van der Waals surface area (Å²) in [7, 11) is 0. The average molecular weight is 287 g/mol. The molecule has 0 atom stereocenters. The smallest absolute Gasteiger partial charge is 0.123 e. The molecule has 2 aromatic carbocycles. The van der Waals surface area contributed by atoms with Gasteiger partial charge >= 0.3 is 0 Å². The number of hydrogen-bond donors (Lipinski definition) is 1. The Morgan fingerprint density at radius 3 is 2.43 bits per heavy atom. The van der Waals surface area contributed by atoms with Crippen LogP contribution in [0.5, 0.6) is 5.75 Å². The molecule has 0 radical (unpaired) electrons. The molecule has 0 aliphatic heterocycles. The largest absolute Gasteiger partial charge is 0.491 e. The van der Waals surface area contributed by atoms with Crippen LogP contribution in [0, 0.1) is 12.7 Å². The molecule has 0 fully saturated rings. The van der Waals surface area contributed by atoms with Gasteiger partial charge in [-0.15, -0.1) is 0 Å². The Hall–Kier alpha value is -1.87. The summed E-state index contributed by atoms with van der Waals surface area (Å²) in [5.41, 5.74) is 3.28. The number of aryl methyl sites for hydroxylation is 1. The molecule has 2 rings (SSSR count). The highest BCUT2D eigenvalue weighted by Crippen LogP contribution is 2.14. The third-order valence-corrected chi connectivity index (χ3v) is 3.25. The van der Waals surface area contributed by atoms with Gasteiger partial charge in [-0.05, 0) is 61.7 Å².